The van der Waals surface area contributed by atoms with Crippen molar-refractivity contribution in [2.75, 3.05) is 13.2 Å². The second-order valence-electron chi connectivity index (χ2n) is 12.3. The SMILES string of the molecule is CCCCCCCC/C=C\CCCCCCCC(=O)OCC(O)COC(=O)CCCCCCCCCCCCCCC. The molecule has 0 fully saturated rings. The van der Waals surface area contributed by atoms with Gasteiger partial charge in [-0.05, 0) is 38.5 Å². The van der Waals surface area contributed by atoms with Gasteiger partial charge in [-0.1, -0.05) is 154 Å². The standard InChI is InChI=1S/C37H70O5/c1-3-5-7-9-11-13-15-17-18-20-22-24-26-28-30-32-37(40)42-34-35(38)33-41-36(39)31-29-27-25-23-21-19-16-14-12-10-8-6-4-2/h17-18,35,38H,3-16,19-34H2,1-2H3/b18-17-. The van der Waals surface area contributed by atoms with E-state index in [1.807, 2.05) is 0 Å². The average Bonchev–Trinajstić information content (AvgIpc) is 2.99. The zero-order chi connectivity index (χ0) is 30.8. The summed E-state index contributed by atoms with van der Waals surface area (Å²) >= 11 is 0. The number of hydrogen-bond donors (Lipinski definition) is 1. The molecule has 0 bridgehead atoms. The van der Waals surface area contributed by atoms with Crippen LogP contribution >= 0.6 is 0 Å². The van der Waals surface area contributed by atoms with Crippen molar-refractivity contribution in [1.82, 2.24) is 0 Å². The van der Waals surface area contributed by atoms with Crippen molar-refractivity contribution in [2.24, 2.45) is 0 Å². The number of carbonyl (C=O) groups is 2. The fourth-order valence-corrected chi connectivity index (χ4v) is 5.20. The first-order valence-electron chi connectivity index (χ1n) is 18.2. The van der Waals surface area contributed by atoms with Crippen LogP contribution in [0.5, 0.6) is 0 Å². The Morgan fingerprint density at radius 1 is 0.476 bits per heavy atom. The summed E-state index contributed by atoms with van der Waals surface area (Å²) < 4.78 is 10.3. The molecule has 0 heterocycles. The van der Waals surface area contributed by atoms with E-state index < -0.39 is 6.10 Å². The van der Waals surface area contributed by atoms with Gasteiger partial charge in [0.25, 0.3) is 0 Å². The number of esters is 2. The van der Waals surface area contributed by atoms with Crippen LogP contribution in [0.25, 0.3) is 0 Å². The van der Waals surface area contributed by atoms with Gasteiger partial charge in [0, 0.05) is 12.8 Å². The van der Waals surface area contributed by atoms with Crippen LogP contribution in [0.4, 0.5) is 0 Å². The number of allylic oxidation sites excluding steroid dienone is 2. The Kier molecular flexibility index (Phi) is 33.0. The Morgan fingerprint density at radius 2 is 0.762 bits per heavy atom. The molecule has 5 nitrogen and oxygen atoms in total. The molecule has 1 N–H and O–H groups in total. The molecule has 248 valence electrons. The molecule has 0 rings (SSSR count). The fraction of sp³-hybridized carbons (Fsp3) is 0.892. The maximum absolute atomic E-state index is 11.9. The van der Waals surface area contributed by atoms with Gasteiger partial charge in [-0.25, -0.2) is 0 Å². The second-order valence-corrected chi connectivity index (χ2v) is 12.3. The van der Waals surface area contributed by atoms with E-state index in [1.165, 1.54) is 128 Å². The maximum atomic E-state index is 11.9. The van der Waals surface area contributed by atoms with Gasteiger partial charge in [-0.2, -0.15) is 0 Å². The predicted molar refractivity (Wildman–Crippen MR) is 178 cm³/mol. The largest absolute Gasteiger partial charge is 0.463 e. The molecule has 5 heteroatoms. The number of aliphatic hydroxyl groups is 1. The third-order valence-corrected chi connectivity index (χ3v) is 8.00. The van der Waals surface area contributed by atoms with Gasteiger partial charge in [-0.3, -0.25) is 9.59 Å². The molecular formula is C37H70O5. The first-order valence-corrected chi connectivity index (χ1v) is 18.2. The van der Waals surface area contributed by atoms with Crippen LogP contribution in [0.3, 0.4) is 0 Å². The molecule has 0 aromatic carbocycles. The molecule has 1 atom stereocenters. The van der Waals surface area contributed by atoms with Crippen LogP contribution in [0.2, 0.25) is 0 Å². The van der Waals surface area contributed by atoms with Crippen molar-refractivity contribution >= 4 is 11.9 Å². The van der Waals surface area contributed by atoms with Crippen molar-refractivity contribution in [2.45, 2.75) is 200 Å². The fourth-order valence-electron chi connectivity index (χ4n) is 5.20. The van der Waals surface area contributed by atoms with E-state index in [1.54, 1.807) is 0 Å². The molecular weight excluding hydrogens is 524 g/mol. The first-order chi connectivity index (χ1) is 20.6. The van der Waals surface area contributed by atoms with Crippen LogP contribution in [0.1, 0.15) is 194 Å². The Morgan fingerprint density at radius 3 is 1.10 bits per heavy atom. The normalized spacial score (nSPS) is 12.2. The maximum Gasteiger partial charge on any atom is 0.305 e. The van der Waals surface area contributed by atoms with Gasteiger partial charge in [0.15, 0.2) is 0 Å². The number of carbonyl (C=O) groups excluding carboxylic acids is 2. The molecule has 0 radical (unpaired) electrons. The van der Waals surface area contributed by atoms with Crippen molar-refractivity contribution in [3.05, 3.63) is 12.2 Å². The van der Waals surface area contributed by atoms with Gasteiger partial charge >= 0.3 is 11.9 Å². The molecule has 0 saturated heterocycles. The molecule has 0 aliphatic rings. The van der Waals surface area contributed by atoms with Crippen LogP contribution in [-0.4, -0.2) is 36.4 Å². The number of unbranched alkanes of at least 4 members (excludes halogenated alkanes) is 23. The van der Waals surface area contributed by atoms with E-state index in [9.17, 15) is 14.7 Å². The molecule has 0 aliphatic heterocycles. The van der Waals surface area contributed by atoms with Crippen molar-refractivity contribution in [1.29, 1.82) is 0 Å². The molecule has 0 spiro atoms. The predicted octanol–water partition coefficient (Wildman–Crippen LogP) is 11.0. The summed E-state index contributed by atoms with van der Waals surface area (Å²) in [5.74, 6) is -0.568. The molecule has 0 aromatic heterocycles. The molecule has 1 unspecified atom stereocenters. The first kappa shape index (κ1) is 40.6. The van der Waals surface area contributed by atoms with Gasteiger partial charge < -0.3 is 14.6 Å². The number of aliphatic hydroxyl groups excluding tert-OH is 1. The Balaban J connectivity index is 3.42. The minimum atomic E-state index is -0.960. The second kappa shape index (κ2) is 34.1. The molecule has 0 amide bonds. The van der Waals surface area contributed by atoms with E-state index in [0.717, 1.165) is 38.5 Å². The van der Waals surface area contributed by atoms with Crippen LogP contribution in [0.15, 0.2) is 12.2 Å². The van der Waals surface area contributed by atoms with Crippen molar-refractivity contribution in [3.8, 4) is 0 Å². The molecule has 0 aromatic rings. The van der Waals surface area contributed by atoms with Gasteiger partial charge in [0.05, 0.1) is 0 Å². The van der Waals surface area contributed by atoms with E-state index in [-0.39, 0.29) is 25.2 Å². The summed E-state index contributed by atoms with van der Waals surface area (Å²) in [5.41, 5.74) is 0. The smallest absolute Gasteiger partial charge is 0.305 e. The lowest BCUT2D eigenvalue weighted by atomic mass is 10.0. The highest BCUT2D eigenvalue weighted by Crippen LogP contribution is 2.14. The summed E-state index contributed by atoms with van der Waals surface area (Å²) in [5, 5.41) is 9.97. The zero-order valence-corrected chi connectivity index (χ0v) is 28.0. The highest BCUT2D eigenvalue weighted by Gasteiger charge is 2.12. The Hall–Kier alpha value is -1.36. The summed E-state index contributed by atoms with van der Waals surface area (Å²) in [7, 11) is 0. The van der Waals surface area contributed by atoms with Crippen LogP contribution < -0.4 is 0 Å². The lowest BCUT2D eigenvalue weighted by molar-refractivity contribution is -0.152. The number of ether oxygens (including phenoxy) is 2. The lowest BCUT2D eigenvalue weighted by Crippen LogP contribution is -2.25. The van der Waals surface area contributed by atoms with Gasteiger partial charge in [0.2, 0.25) is 0 Å². The minimum absolute atomic E-state index is 0.113. The van der Waals surface area contributed by atoms with Crippen LogP contribution in [-0.2, 0) is 19.1 Å². The third-order valence-electron chi connectivity index (χ3n) is 8.00. The molecule has 0 aliphatic carbocycles. The monoisotopic (exact) mass is 595 g/mol. The zero-order valence-electron chi connectivity index (χ0n) is 28.0. The number of hydrogen-bond acceptors (Lipinski definition) is 5. The summed E-state index contributed by atoms with van der Waals surface area (Å²) in [6.07, 6.45) is 36.8. The topological polar surface area (TPSA) is 72.8 Å². The Labute approximate surface area is 261 Å². The van der Waals surface area contributed by atoms with E-state index in [0.29, 0.717) is 12.8 Å². The average molecular weight is 595 g/mol. The lowest BCUT2D eigenvalue weighted by Gasteiger charge is -2.12. The van der Waals surface area contributed by atoms with Crippen LogP contribution in [0, 0.1) is 0 Å². The summed E-state index contributed by atoms with van der Waals surface area (Å²) in [4.78, 5) is 23.8. The highest BCUT2D eigenvalue weighted by atomic mass is 16.6. The summed E-state index contributed by atoms with van der Waals surface area (Å²) in [6, 6.07) is 0. The third kappa shape index (κ3) is 33.1. The summed E-state index contributed by atoms with van der Waals surface area (Å²) in [6.45, 7) is 4.29. The van der Waals surface area contributed by atoms with Gasteiger partial charge in [0.1, 0.15) is 19.3 Å². The van der Waals surface area contributed by atoms with Crippen molar-refractivity contribution < 1.29 is 24.2 Å². The van der Waals surface area contributed by atoms with Crippen molar-refractivity contribution in [3.63, 3.8) is 0 Å². The van der Waals surface area contributed by atoms with Gasteiger partial charge in [-0.15, -0.1) is 0 Å². The molecule has 0 saturated carbocycles. The molecule has 42 heavy (non-hydrogen) atoms. The van der Waals surface area contributed by atoms with E-state index in [2.05, 4.69) is 26.0 Å². The highest BCUT2D eigenvalue weighted by molar-refractivity contribution is 5.69. The van der Waals surface area contributed by atoms with E-state index >= 15 is 0 Å². The minimum Gasteiger partial charge on any atom is -0.463 e. The quantitative estimate of drug-likeness (QED) is 0.0465. The number of rotatable bonds is 33. The Bertz CT molecular complexity index is 603. The van der Waals surface area contributed by atoms with E-state index in [4.69, 9.17) is 9.47 Å².